The normalized spacial score (nSPS) is 12.2. The number of carbonyl (C=O) groups excluding carboxylic acids is 2. The number of esters is 1. The van der Waals surface area contributed by atoms with Crippen molar-refractivity contribution in [2.24, 2.45) is 0 Å². The molecule has 0 amide bonds. The zero-order valence-electron chi connectivity index (χ0n) is 9.84. The number of ether oxygens (including phenoxy) is 1. The Morgan fingerprint density at radius 1 is 1.33 bits per heavy atom. The molecule has 0 saturated carbocycles. The van der Waals surface area contributed by atoms with Crippen molar-refractivity contribution in [3.63, 3.8) is 0 Å². The Balaban J connectivity index is 4.04. The minimum Gasteiger partial charge on any atom is -0.465 e. The third-order valence-electron chi connectivity index (χ3n) is 2.00. The van der Waals surface area contributed by atoms with Crippen LogP contribution < -0.4 is 5.32 Å². The number of Topliss-reactive ketones (excluding diaryl/α,β-unsaturated/α-hetero) is 1. The highest BCUT2D eigenvalue weighted by atomic mass is 16.5. The molecule has 0 aliphatic heterocycles. The summed E-state index contributed by atoms with van der Waals surface area (Å²) in [6.07, 6.45) is 1.89. The molecule has 0 spiro atoms. The first kappa shape index (κ1) is 14.1. The number of hydrogen-bond donors (Lipinski definition) is 1. The predicted molar refractivity (Wildman–Crippen MR) is 58.6 cm³/mol. The second-order valence-corrected chi connectivity index (χ2v) is 3.50. The van der Waals surface area contributed by atoms with Crippen LogP contribution in [0.15, 0.2) is 0 Å². The molecule has 0 aromatic rings. The van der Waals surface area contributed by atoms with Crippen LogP contribution in [0, 0.1) is 0 Å². The van der Waals surface area contributed by atoms with Gasteiger partial charge in [-0.2, -0.15) is 0 Å². The van der Waals surface area contributed by atoms with Gasteiger partial charge in [0.25, 0.3) is 0 Å². The molecule has 88 valence electrons. The van der Waals surface area contributed by atoms with Gasteiger partial charge >= 0.3 is 5.97 Å². The monoisotopic (exact) mass is 215 g/mol. The molecule has 4 heteroatoms. The lowest BCUT2D eigenvalue weighted by molar-refractivity contribution is -0.145. The molecule has 15 heavy (non-hydrogen) atoms. The molecule has 0 saturated heterocycles. The number of ketones is 1. The van der Waals surface area contributed by atoms with E-state index in [4.69, 9.17) is 4.74 Å². The van der Waals surface area contributed by atoms with E-state index in [1.165, 1.54) is 6.92 Å². The molecule has 0 aromatic heterocycles. The van der Waals surface area contributed by atoms with Gasteiger partial charge in [0.15, 0.2) is 0 Å². The number of carbonyl (C=O) groups is 2. The van der Waals surface area contributed by atoms with Crippen LogP contribution in [-0.4, -0.2) is 30.9 Å². The van der Waals surface area contributed by atoms with E-state index in [-0.39, 0.29) is 17.8 Å². The predicted octanol–water partition coefficient (Wildman–Crippen LogP) is 1.29. The molecule has 1 atom stereocenters. The molecule has 0 fully saturated rings. The van der Waals surface area contributed by atoms with Crippen molar-refractivity contribution >= 4 is 11.8 Å². The first-order valence-electron chi connectivity index (χ1n) is 5.51. The lowest BCUT2D eigenvalue weighted by atomic mass is 10.1. The minimum absolute atomic E-state index is 0.0996. The molecule has 0 bridgehead atoms. The summed E-state index contributed by atoms with van der Waals surface area (Å²) in [5, 5.41) is 3.08. The molecule has 0 aliphatic rings. The lowest BCUT2D eigenvalue weighted by Crippen LogP contribution is -2.38. The third kappa shape index (κ3) is 7.08. The average Bonchev–Trinajstić information content (AvgIpc) is 2.17. The zero-order valence-corrected chi connectivity index (χ0v) is 9.84. The summed E-state index contributed by atoms with van der Waals surface area (Å²) in [6, 6.07) is -0.339. The van der Waals surface area contributed by atoms with Gasteiger partial charge in [-0.3, -0.25) is 4.79 Å². The Morgan fingerprint density at radius 2 is 2.00 bits per heavy atom. The first-order chi connectivity index (χ1) is 7.11. The van der Waals surface area contributed by atoms with E-state index in [9.17, 15) is 9.59 Å². The van der Waals surface area contributed by atoms with Gasteiger partial charge in [-0.25, -0.2) is 0 Å². The summed E-state index contributed by atoms with van der Waals surface area (Å²) < 4.78 is 4.92. The summed E-state index contributed by atoms with van der Waals surface area (Å²) in [4.78, 5) is 22.3. The molecular formula is C11H21NO3. The van der Waals surface area contributed by atoms with Crippen LogP contribution in [0.5, 0.6) is 0 Å². The van der Waals surface area contributed by atoms with Crippen molar-refractivity contribution in [2.75, 3.05) is 13.2 Å². The van der Waals surface area contributed by atoms with Crippen molar-refractivity contribution in [1.82, 2.24) is 5.32 Å². The van der Waals surface area contributed by atoms with E-state index in [0.29, 0.717) is 19.4 Å². The molecule has 0 radical (unpaired) electrons. The van der Waals surface area contributed by atoms with E-state index in [0.717, 1.165) is 13.0 Å². The van der Waals surface area contributed by atoms with Gasteiger partial charge in [-0.05, 0) is 33.2 Å². The molecule has 0 aliphatic carbocycles. The largest absolute Gasteiger partial charge is 0.465 e. The zero-order chi connectivity index (χ0) is 11.7. The summed E-state index contributed by atoms with van der Waals surface area (Å²) in [5.74, 6) is -0.158. The van der Waals surface area contributed by atoms with Crippen LogP contribution in [0.25, 0.3) is 0 Å². The molecule has 4 nitrogen and oxygen atoms in total. The maximum absolute atomic E-state index is 11.5. The van der Waals surface area contributed by atoms with E-state index in [1.54, 1.807) is 6.92 Å². The van der Waals surface area contributed by atoms with Crippen LogP contribution in [-0.2, 0) is 14.3 Å². The van der Waals surface area contributed by atoms with Gasteiger partial charge in [0, 0.05) is 6.42 Å². The first-order valence-corrected chi connectivity index (χ1v) is 5.51. The Labute approximate surface area is 91.4 Å². The van der Waals surface area contributed by atoms with Crippen molar-refractivity contribution in [3.8, 4) is 0 Å². The van der Waals surface area contributed by atoms with Crippen molar-refractivity contribution < 1.29 is 14.3 Å². The lowest BCUT2D eigenvalue weighted by Gasteiger charge is -2.15. The highest BCUT2D eigenvalue weighted by molar-refractivity contribution is 5.79. The van der Waals surface area contributed by atoms with Crippen molar-refractivity contribution in [1.29, 1.82) is 0 Å². The fourth-order valence-electron chi connectivity index (χ4n) is 1.21. The second-order valence-electron chi connectivity index (χ2n) is 3.50. The number of rotatable bonds is 8. The minimum atomic E-state index is -0.339. The third-order valence-corrected chi connectivity index (χ3v) is 2.00. The quantitative estimate of drug-likeness (QED) is 0.620. The highest BCUT2D eigenvalue weighted by Crippen LogP contribution is 2.01. The summed E-state index contributed by atoms with van der Waals surface area (Å²) >= 11 is 0. The average molecular weight is 215 g/mol. The van der Waals surface area contributed by atoms with Crippen LogP contribution >= 0.6 is 0 Å². The van der Waals surface area contributed by atoms with Gasteiger partial charge in [-0.15, -0.1) is 0 Å². The fraction of sp³-hybridized carbons (Fsp3) is 0.818. The second kappa shape index (κ2) is 8.41. The van der Waals surface area contributed by atoms with Crippen molar-refractivity contribution in [2.45, 2.75) is 46.1 Å². The Kier molecular flexibility index (Phi) is 7.91. The van der Waals surface area contributed by atoms with Crippen LogP contribution in [0.2, 0.25) is 0 Å². The van der Waals surface area contributed by atoms with Gasteiger partial charge in [-0.1, -0.05) is 6.92 Å². The summed E-state index contributed by atoms with van der Waals surface area (Å²) in [7, 11) is 0. The van der Waals surface area contributed by atoms with Gasteiger partial charge in [0.2, 0.25) is 0 Å². The maximum Gasteiger partial charge on any atom is 0.323 e. The van der Waals surface area contributed by atoms with Crippen molar-refractivity contribution in [3.05, 3.63) is 0 Å². The Morgan fingerprint density at radius 3 is 2.47 bits per heavy atom. The smallest absolute Gasteiger partial charge is 0.323 e. The maximum atomic E-state index is 11.5. The van der Waals surface area contributed by atoms with E-state index in [1.807, 2.05) is 6.92 Å². The molecule has 0 heterocycles. The molecular weight excluding hydrogens is 194 g/mol. The highest BCUT2D eigenvalue weighted by Gasteiger charge is 2.18. The summed E-state index contributed by atoms with van der Waals surface area (Å²) in [6.45, 7) is 6.48. The standard InChI is InChI=1S/C11H21NO3/c1-4-8-12-10(7-6-9(3)13)11(14)15-5-2/h10,12H,4-8H2,1-3H3. The van der Waals surface area contributed by atoms with Gasteiger partial charge in [0.1, 0.15) is 11.8 Å². The molecule has 0 aromatic carbocycles. The van der Waals surface area contributed by atoms with E-state index in [2.05, 4.69) is 5.32 Å². The number of hydrogen-bond acceptors (Lipinski definition) is 4. The topological polar surface area (TPSA) is 55.4 Å². The molecule has 1 N–H and O–H groups in total. The SMILES string of the molecule is CCCNC(CCC(C)=O)C(=O)OCC. The fourth-order valence-corrected chi connectivity index (χ4v) is 1.21. The van der Waals surface area contributed by atoms with Gasteiger partial charge in [0.05, 0.1) is 6.61 Å². The Hall–Kier alpha value is -0.900. The molecule has 0 rings (SSSR count). The van der Waals surface area contributed by atoms with Crippen LogP contribution in [0.4, 0.5) is 0 Å². The van der Waals surface area contributed by atoms with Gasteiger partial charge < -0.3 is 14.8 Å². The Bertz CT molecular complexity index is 204. The summed E-state index contributed by atoms with van der Waals surface area (Å²) in [5.41, 5.74) is 0. The van der Waals surface area contributed by atoms with Crippen LogP contribution in [0.3, 0.4) is 0 Å². The van der Waals surface area contributed by atoms with E-state index >= 15 is 0 Å². The molecule has 1 unspecified atom stereocenters. The van der Waals surface area contributed by atoms with Crippen LogP contribution in [0.1, 0.15) is 40.0 Å². The van der Waals surface area contributed by atoms with E-state index < -0.39 is 0 Å². The number of nitrogens with one attached hydrogen (secondary N) is 1.